The number of rotatable bonds is 4. The third-order valence-corrected chi connectivity index (χ3v) is 3.12. The Labute approximate surface area is 133 Å². The third-order valence-electron chi connectivity index (χ3n) is 2.46. The number of benzene rings is 1. The molecule has 2 aromatic heterocycles. The highest BCUT2D eigenvalue weighted by atomic mass is 79.9. The summed E-state index contributed by atoms with van der Waals surface area (Å²) < 4.78 is 7.88. The second kappa shape index (κ2) is 6.15. The molecule has 1 aromatic carbocycles. The summed E-state index contributed by atoms with van der Waals surface area (Å²) >= 11 is 9.26. The molecule has 0 aliphatic carbocycles. The molecule has 0 aliphatic heterocycles. The smallest absolute Gasteiger partial charge is 0.322 e. The van der Waals surface area contributed by atoms with Crippen molar-refractivity contribution < 1.29 is 4.74 Å². The summed E-state index contributed by atoms with van der Waals surface area (Å²) in [6, 6.07) is 7.86. The normalized spacial score (nSPS) is 10.6. The van der Waals surface area contributed by atoms with Gasteiger partial charge in [-0.1, -0.05) is 28.1 Å². The van der Waals surface area contributed by atoms with Crippen LogP contribution < -0.4 is 4.74 Å². The van der Waals surface area contributed by atoms with Crippen LogP contribution in [0.5, 0.6) is 6.01 Å². The molecule has 0 amide bonds. The molecular formula is C12H8BrClN6O. The molecule has 0 fully saturated rings. The van der Waals surface area contributed by atoms with Crippen LogP contribution in [0.15, 0.2) is 41.4 Å². The maximum absolute atomic E-state index is 5.86. The van der Waals surface area contributed by atoms with Crippen LogP contribution in [0.3, 0.4) is 0 Å². The lowest BCUT2D eigenvalue weighted by Gasteiger charge is -2.06. The molecular weight excluding hydrogens is 360 g/mol. The SMILES string of the molecule is Clc1nc(OCc2cccc(Br)c2)nc(-n2cncn2)n1. The van der Waals surface area contributed by atoms with Gasteiger partial charge in [-0.3, -0.25) is 0 Å². The summed E-state index contributed by atoms with van der Waals surface area (Å²) in [6.45, 7) is 0.316. The van der Waals surface area contributed by atoms with Crippen LogP contribution in [0.4, 0.5) is 0 Å². The highest BCUT2D eigenvalue weighted by Gasteiger charge is 2.08. The fourth-order valence-corrected chi connectivity index (χ4v) is 2.17. The van der Waals surface area contributed by atoms with Gasteiger partial charge in [0, 0.05) is 4.47 Å². The third kappa shape index (κ3) is 3.53. The van der Waals surface area contributed by atoms with E-state index in [2.05, 4.69) is 41.0 Å². The van der Waals surface area contributed by atoms with Gasteiger partial charge in [0.25, 0.3) is 5.95 Å². The van der Waals surface area contributed by atoms with Crippen LogP contribution in [0, 0.1) is 0 Å². The zero-order valence-electron chi connectivity index (χ0n) is 10.5. The Morgan fingerprint density at radius 2 is 2.14 bits per heavy atom. The van der Waals surface area contributed by atoms with Crippen molar-refractivity contribution in [1.29, 1.82) is 0 Å². The molecule has 0 N–H and O–H groups in total. The van der Waals surface area contributed by atoms with E-state index < -0.39 is 0 Å². The van der Waals surface area contributed by atoms with Gasteiger partial charge in [0.2, 0.25) is 5.28 Å². The molecule has 7 nitrogen and oxygen atoms in total. The molecule has 3 aromatic rings. The van der Waals surface area contributed by atoms with Gasteiger partial charge >= 0.3 is 6.01 Å². The minimum atomic E-state index is 0.0275. The minimum Gasteiger partial charge on any atom is -0.458 e. The molecule has 106 valence electrons. The van der Waals surface area contributed by atoms with Crippen LogP contribution in [0.2, 0.25) is 5.28 Å². The molecule has 3 rings (SSSR count). The van der Waals surface area contributed by atoms with Crippen LogP contribution in [0.25, 0.3) is 5.95 Å². The lowest BCUT2D eigenvalue weighted by atomic mass is 10.2. The molecule has 9 heteroatoms. The Balaban J connectivity index is 1.79. The highest BCUT2D eigenvalue weighted by Crippen LogP contribution is 2.15. The Bertz CT molecular complexity index is 751. The molecule has 0 unspecified atom stereocenters. The van der Waals surface area contributed by atoms with Crippen molar-refractivity contribution in [2.24, 2.45) is 0 Å². The van der Waals surface area contributed by atoms with Gasteiger partial charge in [-0.2, -0.15) is 24.7 Å². The van der Waals surface area contributed by atoms with Gasteiger partial charge in [0.1, 0.15) is 19.3 Å². The molecule has 0 aliphatic rings. The first-order valence-corrected chi connectivity index (χ1v) is 7.01. The fraction of sp³-hybridized carbons (Fsp3) is 0.0833. The molecule has 0 atom stereocenters. The van der Waals surface area contributed by atoms with E-state index in [-0.39, 0.29) is 17.2 Å². The number of ether oxygens (including phenoxy) is 1. The largest absolute Gasteiger partial charge is 0.458 e. The first kappa shape index (κ1) is 13.9. The Morgan fingerprint density at radius 3 is 2.90 bits per heavy atom. The Kier molecular flexibility index (Phi) is 4.07. The number of aromatic nitrogens is 6. The van der Waals surface area contributed by atoms with Gasteiger partial charge < -0.3 is 4.74 Å². The van der Waals surface area contributed by atoms with E-state index in [1.807, 2.05) is 24.3 Å². The van der Waals surface area contributed by atoms with Crippen molar-refractivity contribution in [2.45, 2.75) is 6.61 Å². The van der Waals surface area contributed by atoms with Crippen molar-refractivity contribution in [1.82, 2.24) is 29.7 Å². The average molecular weight is 368 g/mol. The highest BCUT2D eigenvalue weighted by molar-refractivity contribution is 9.10. The maximum atomic E-state index is 5.86. The van der Waals surface area contributed by atoms with E-state index in [0.717, 1.165) is 10.0 Å². The van der Waals surface area contributed by atoms with Gasteiger partial charge in [-0.15, -0.1) is 0 Å². The summed E-state index contributed by atoms with van der Waals surface area (Å²) in [4.78, 5) is 15.8. The first-order valence-electron chi connectivity index (χ1n) is 5.84. The maximum Gasteiger partial charge on any atom is 0.322 e. The number of hydrogen-bond donors (Lipinski definition) is 0. The molecule has 0 radical (unpaired) electrons. The second-order valence-electron chi connectivity index (χ2n) is 3.95. The van der Waals surface area contributed by atoms with E-state index in [1.165, 1.54) is 17.3 Å². The zero-order chi connectivity index (χ0) is 14.7. The lowest BCUT2D eigenvalue weighted by molar-refractivity contribution is 0.279. The van der Waals surface area contributed by atoms with E-state index >= 15 is 0 Å². The monoisotopic (exact) mass is 366 g/mol. The first-order chi connectivity index (χ1) is 10.2. The van der Waals surface area contributed by atoms with Gasteiger partial charge in [0.05, 0.1) is 0 Å². The predicted molar refractivity (Wildman–Crippen MR) is 78.2 cm³/mol. The quantitative estimate of drug-likeness (QED) is 0.705. The van der Waals surface area contributed by atoms with Crippen LogP contribution in [-0.2, 0) is 6.61 Å². The lowest BCUT2D eigenvalue weighted by Crippen LogP contribution is -2.07. The molecule has 0 bridgehead atoms. The standard InChI is InChI=1S/C12H8BrClN6O/c13-9-3-1-2-8(4-9)5-21-12-18-10(14)17-11(19-12)20-7-15-6-16-20/h1-4,6-7H,5H2. The Hall–Kier alpha value is -2.06. The van der Waals surface area contributed by atoms with Crippen molar-refractivity contribution in [2.75, 3.05) is 0 Å². The number of nitrogens with zero attached hydrogens (tertiary/aromatic N) is 6. The molecule has 0 spiro atoms. The molecule has 2 heterocycles. The average Bonchev–Trinajstić information content (AvgIpc) is 2.99. The van der Waals surface area contributed by atoms with Gasteiger partial charge in [0.15, 0.2) is 0 Å². The predicted octanol–water partition coefficient (Wildman–Crippen LogP) is 2.45. The fourth-order valence-electron chi connectivity index (χ4n) is 1.58. The van der Waals surface area contributed by atoms with E-state index in [9.17, 15) is 0 Å². The van der Waals surface area contributed by atoms with E-state index in [0.29, 0.717) is 6.61 Å². The molecule has 0 saturated carbocycles. The molecule has 0 saturated heterocycles. The van der Waals surface area contributed by atoms with Crippen molar-refractivity contribution in [3.8, 4) is 12.0 Å². The van der Waals surface area contributed by atoms with Gasteiger partial charge in [-0.05, 0) is 29.3 Å². The summed E-state index contributed by atoms with van der Waals surface area (Å²) in [6.07, 6.45) is 2.84. The van der Waals surface area contributed by atoms with Gasteiger partial charge in [-0.25, -0.2) is 4.98 Å². The van der Waals surface area contributed by atoms with E-state index in [4.69, 9.17) is 16.3 Å². The van der Waals surface area contributed by atoms with Crippen LogP contribution in [0.1, 0.15) is 5.56 Å². The summed E-state index contributed by atoms with van der Waals surface area (Å²) in [7, 11) is 0. The number of hydrogen-bond acceptors (Lipinski definition) is 6. The van der Waals surface area contributed by atoms with Crippen LogP contribution >= 0.6 is 27.5 Å². The van der Waals surface area contributed by atoms with Crippen molar-refractivity contribution in [3.05, 3.63) is 52.2 Å². The van der Waals surface area contributed by atoms with Crippen molar-refractivity contribution in [3.63, 3.8) is 0 Å². The topological polar surface area (TPSA) is 78.6 Å². The summed E-state index contributed by atoms with van der Waals surface area (Å²) in [5, 5.41) is 3.96. The zero-order valence-corrected chi connectivity index (χ0v) is 12.9. The Morgan fingerprint density at radius 1 is 1.24 bits per heavy atom. The van der Waals surface area contributed by atoms with Crippen LogP contribution in [-0.4, -0.2) is 29.7 Å². The van der Waals surface area contributed by atoms with Crippen molar-refractivity contribution >= 4 is 27.5 Å². The molecule has 21 heavy (non-hydrogen) atoms. The summed E-state index contributed by atoms with van der Waals surface area (Å²) in [5.74, 6) is 0.247. The number of halogens is 2. The second-order valence-corrected chi connectivity index (χ2v) is 5.20. The minimum absolute atomic E-state index is 0.0275. The van der Waals surface area contributed by atoms with E-state index in [1.54, 1.807) is 0 Å². The summed E-state index contributed by atoms with van der Waals surface area (Å²) in [5.41, 5.74) is 0.975.